The first-order chi connectivity index (χ1) is 11.8. The van der Waals surface area contributed by atoms with Crippen LogP contribution >= 0.6 is 11.3 Å². The number of benzene rings is 1. The van der Waals surface area contributed by atoms with E-state index in [2.05, 4.69) is 5.32 Å². The van der Waals surface area contributed by atoms with Gasteiger partial charge in [0, 0.05) is 0 Å². The van der Waals surface area contributed by atoms with Crippen LogP contribution in [0.25, 0.3) is 0 Å². The standard InChI is InChI=1S/C10H12O2.C8H9NO3S/c1-8(10(11)12)7-9-5-3-2-4-6-9;1-5(10)6-2-3-13-8(6)9-4-7(11)12/h2-6,8H,7H2,1H3,(H,11,12);2-3,9H,4H2,1H3,(H,11,12). The molecule has 0 bridgehead atoms. The third kappa shape index (κ3) is 7.63. The van der Waals surface area contributed by atoms with E-state index in [1.807, 2.05) is 30.3 Å². The van der Waals surface area contributed by atoms with Crippen LogP contribution in [-0.2, 0) is 16.0 Å². The zero-order valence-corrected chi connectivity index (χ0v) is 14.9. The Hall–Kier alpha value is -2.67. The van der Waals surface area contributed by atoms with Gasteiger partial charge in [0.05, 0.1) is 16.5 Å². The molecule has 0 radical (unpaired) electrons. The van der Waals surface area contributed by atoms with Crippen LogP contribution in [0, 0.1) is 5.92 Å². The molecule has 3 N–H and O–H groups in total. The van der Waals surface area contributed by atoms with E-state index in [9.17, 15) is 14.4 Å². The molecule has 1 atom stereocenters. The van der Waals surface area contributed by atoms with Crippen LogP contribution in [0.4, 0.5) is 5.00 Å². The maximum Gasteiger partial charge on any atom is 0.322 e. The summed E-state index contributed by atoms with van der Waals surface area (Å²) in [5.41, 5.74) is 1.62. The Kier molecular flexibility index (Phi) is 8.35. The summed E-state index contributed by atoms with van der Waals surface area (Å²) in [6.07, 6.45) is 0.607. The Morgan fingerprint density at radius 2 is 1.76 bits per heavy atom. The van der Waals surface area contributed by atoms with Crippen molar-refractivity contribution < 1.29 is 24.6 Å². The second-order valence-electron chi connectivity index (χ2n) is 5.40. The van der Waals surface area contributed by atoms with Crippen molar-refractivity contribution in [3.63, 3.8) is 0 Å². The number of carboxylic acids is 2. The van der Waals surface area contributed by atoms with Crippen LogP contribution < -0.4 is 5.32 Å². The first-order valence-electron chi connectivity index (χ1n) is 7.62. The summed E-state index contributed by atoms with van der Waals surface area (Å²) >= 11 is 1.32. The Bertz CT molecular complexity index is 711. The number of thiophene rings is 1. The SMILES string of the molecule is CC(=O)c1ccsc1NCC(=O)O.CC(Cc1ccccc1)C(=O)O. The quantitative estimate of drug-likeness (QED) is 0.652. The van der Waals surface area contributed by atoms with Crippen molar-refractivity contribution in [1.29, 1.82) is 0 Å². The molecule has 7 heteroatoms. The van der Waals surface area contributed by atoms with E-state index in [1.54, 1.807) is 18.4 Å². The predicted molar refractivity (Wildman–Crippen MR) is 97.4 cm³/mol. The average molecular weight is 363 g/mol. The molecule has 1 heterocycles. The molecule has 0 saturated heterocycles. The van der Waals surface area contributed by atoms with Gasteiger partial charge in [0.25, 0.3) is 0 Å². The smallest absolute Gasteiger partial charge is 0.322 e. The minimum atomic E-state index is -0.942. The first kappa shape index (κ1) is 20.4. The molecule has 1 aromatic heterocycles. The molecule has 1 unspecified atom stereocenters. The summed E-state index contributed by atoms with van der Waals surface area (Å²) in [6.45, 7) is 3.00. The Labute approximate surface area is 150 Å². The summed E-state index contributed by atoms with van der Waals surface area (Å²) in [5, 5.41) is 22.1. The van der Waals surface area contributed by atoms with E-state index in [1.165, 1.54) is 18.3 Å². The van der Waals surface area contributed by atoms with Crippen LogP contribution in [0.2, 0.25) is 0 Å². The number of hydrogen-bond donors (Lipinski definition) is 3. The monoisotopic (exact) mass is 363 g/mol. The fraction of sp³-hybridized carbons (Fsp3) is 0.278. The number of anilines is 1. The van der Waals surface area contributed by atoms with Crippen molar-refractivity contribution in [3.8, 4) is 0 Å². The first-order valence-corrected chi connectivity index (χ1v) is 8.50. The number of Topliss-reactive ketones (excluding diaryl/α,β-unsaturated/α-hetero) is 1. The summed E-state index contributed by atoms with van der Waals surface area (Å²) in [6, 6.07) is 11.3. The van der Waals surface area contributed by atoms with Crippen molar-refractivity contribution in [2.45, 2.75) is 20.3 Å². The van der Waals surface area contributed by atoms with Crippen molar-refractivity contribution >= 4 is 34.1 Å². The van der Waals surface area contributed by atoms with Gasteiger partial charge >= 0.3 is 11.9 Å². The second-order valence-corrected chi connectivity index (χ2v) is 6.31. The highest BCUT2D eigenvalue weighted by Gasteiger charge is 2.10. The number of carbonyl (C=O) groups is 3. The van der Waals surface area contributed by atoms with Gasteiger partial charge in [0.15, 0.2) is 5.78 Å². The van der Waals surface area contributed by atoms with Crippen molar-refractivity contribution in [2.75, 3.05) is 11.9 Å². The Morgan fingerprint density at radius 3 is 2.28 bits per heavy atom. The summed E-state index contributed by atoms with van der Waals surface area (Å²) in [5.74, 6) is -2.04. The van der Waals surface area contributed by atoms with Gasteiger partial charge in [0.1, 0.15) is 6.54 Å². The van der Waals surface area contributed by atoms with Crippen molar-refractivity contribution in [2.24, 2.45) is 5.92 Å². The average Bonchev–Trinajstić information content (AvgIpc) is 3.03. The van der Waals surface area contributed by atoms with Crippen LogP contribution in [0.3, 0.4) is 0 Å². The maximum absolute atomic E-state index is 11.0. The van der Waals surface area contributed by atoms with Crippen molar-refractivity contribution in [3.05, 3.63) is 52.9 Å². The van der Waals surface area contributed by atoms with Gasteiger partial charge in [-0.2, -0.15) is 0 Å². The molecular weight excluding hydrogens is 342 g/mol. The fourth-order valence-electron chi connectivity index (χ4n) is 1.93. The lowest BCUT2D eigenvalue weighted by atomic mass is 10.0. The lowest BCUT2D eigenvalue weighted by molar-refractivity contribution is -0.141. The highest BCUT2D eigenvalue weighted by molar-refractivity contribution is 7.14. The minimum absolute atomic E-state index is 0.0610. The van der Waals surface area contributed by atoms with E-state index in [4.69, 9.17) is 10.2 Å². The van der Waals surface area contributed by atoms with Gasteiger partial charge in [-0.1, -0.05) is 37.3 Å². The van der Waals surface area contributed by atoms with Gasteiger partial charge in [-0.3, -0.25) is 14.4 Å². The van der Waals surface area contributed by atoms with Gasteiger partial charge in [-0.05, 0) is 30.4 Å². The Balaban J connectivity index is 0.000000251. The zero-order chi connectivity index (χ0) is 18.8. The highest BCUT2D eigenvalue weighted by atomic mass is 32.1. The van der Waals surface area contributed by atoms with Gasteiger partial charge in [0.2, 0.25) is 0 Å². The molecule has 6 nitrogen and oxygen atoms in total. The van der Waals surface area contributed by atoms with E-state index in [0.717, 1.165) is 5.56 Å². The fourth-order valence-corrected chi connectivity index (χ4v) is 2.77. The summed E-state index contributed by atoms with van der Waals surface area (Å²) in [4.78, 5) is 31.7. The lowest BCUT2D eigenvalue weighted by Crippen LogP contribution is -2.12. The molecule has 0 saturated carbocycles. The molecule has 0 fully saturated rings. The molecule has 25 heavy (non-hydrogen) atoms. The third-order valence-electron chi connectivity index (χ3n) is 3.25. The molecule has 134 valence electrons. The maximum atomic E-state index is 11.0. The number of ketones is 1. The van der Waals surface area contributed by atoms with E-state index < -0.39 is 11.9 Å². The van der Waals surface area contributed by atoms with Crippen molar-refractivity contribution in [1.82, 2.24) is 0 Å². The van der Waals surface area contributed by atoms with E-state index in [-0.39, 0.29) is 18.2 Å². The molecule has 0 aliphatic rings. The molecule has 0 amide bonds. The van der Waals surface area contributed by atoms with Crippen LogP contribution in [-0.4, -0.2) is 34.5 Å². The predicted octanol–water partition coefficient (Wildman–Crippen LogP) is 3.40. The second kappa shape index (κ2) is 10.2. The molecule has 1 aromatic carbocycles. The van der Waals surface area contributed by atoms with E-state index in [0.29, 0.717) is 17.0 Å². The van der Waals surface area contributed by atoms with Gasteiger partial charge in [-0.15, -0.1) is 11.3 Å². The number of aliphatic carboxylic acids is 2. The number of hydrogen-bond acceptors (Lipinski definition) is 5. The van der Waals surface area contributed by atoms with Crippen LogP contribution in [0.15, 0.2) is 41.8 Å². The summed E-state index contributed by atoms with van der Waals surface area (Å²) < 4.78 is 0. The summed E-state index contributed by atoms with van der Waals surface area (Å²) in [7, 11) is 0. The van der Waals surface area contributed by atoms with E-state index >= 15 is 0 Å². The molecule has 0 aliphatic carbocycles. The van der Waals surface area contributed by atoms with Crippen LogP contribution in [0.5, 0.6) is 0 Å². The minimum Gasteiger partial charge on any atom is -0.481 e. The van der Waals surface area contributed by atoms with Gasteiger partial charge < -0.3 is 15.5 Å². The molecule has 0 spiro atoms. The number of nitrogens with one attached hydrogen (secondary N) is 1. The highest BCUT2D eigenvalue weighted by Crippen LogP contribution is 2.23. The number of carbonyl (C=O) groups excluding carboxylic acids is 1. The normalized spacial score (nSPS) is 11.0. The molecule has 2 aromatic rings. The lowest BCUT2D eigenvalue weighted by Gasteiger charge is -2.04. The molecule has 2 rings (SSSR count). The topological polar surface area (TPSA) is 104 Å². The molecular formula is C18H21NO5S. The largest absolute Gasteiger partial charge is 0.481 e. The van der Waals surface area contributed by atoms with Crippen LogP contribution in [0.1, 0.15) is 29.8 Å². The number of carboxylic acid groups (broad SMARTS) is 2. The third-order valence-corrected chi connectivity index (χ3v) is 4.12. The molecule has 0 aliphatic heterocycles. The zero-order valence-electron chi connectivity index (χ0n) is 14.1. The van der Waals surface area contributed by atoms with Gasteiger partial charge in [-0.25, -0.2) is 0 Å². The number of rotatable bonds is 7. The Morgan fingerprint density at radius 1 is 1.12 bits per heavy atom.